The predicted octanol–water partition coefficient (Wildman–Crippen LogP) is 2.70. The molecular formula is C14H24O4. The van der Waals surface area contributed by atoms with E-state index in [4.69, 9.17) is 9.47 Å². The van der Waals surface area contributed by atoms with Crippen molar-refractivity contribution in [1.82, 2.24) is 0 Å². The number of rotatable bonds is 6. The van der Waals surface area contributed by atoms with Gasteiger partial charge in [0.25, 0.3) is 0 Å². The first-order valence-corrected chi connectivity index (χ1v) is 6.85. The van der Waals surface area contributed by atoms with Crippen LogP contribution in [0.15, 0.2) is 0 Å². The van der Waals surface area contributed by atoms with E-state index in [9.17, 15) is 9.59 Å². The smallest absolute Gasteiger partial charge is 0.313 e. The monoisotopic (exact) mass is 256 g/mol. The van der Waals surface area contributed by atoms with Gasteiger partial charge in [-0.1, -0.05) is 33.6 Å². The predicted molar refractivity (Wildman–Crippen MR) is 67.9 cm³/mol. The molecule has 1 heterocycles. The van der Waals surface area contributed by atoms with Gasteiger partial charge in [-0.3, -0.25) is 9.59 Å². The Balaban J connectivity index is 2.59. The van der Waals surface area contributed by atoms with Crippen molar-refractivity contribution in [2.75, 3.05) is 0 Å². The maximum Gasteiger partial charge on any atom is 0.313 e. The lowest BCUT2D eigenvalue weighted by molar-refractivity contribution is -0.154. The molecule has 0 aromatic carbocycles. The number of carbonyl (C=O) groups is 2. The van der Waals surface area contributed by atoms with E-state index in [1.807, 2.05) is 13.8 Å². The van der Waals surface area contributed by atoms with Gasteiger partial charge in [0.05, 0.1) is 5.92 Å². The van der Waals surface area contributed by atoms with Crippen molar-refractivity contribution in [3.8, 4) is 0 Å². The van der Waals surface area contributed by atoms with Crippen LogP contribution < -0.4 is 0 Å². The van der Waals surface area contributed by atoms with E-state index in [-0.39, 0.29) is 29.9 Å². The van der Waals surface area contributed by atoms with Crippen molar-refractivity contribution in [3.63, 3.8) is 0 Å². The van der Waals surface area contributed by atoms with E-state index in [0.717, 1.165) is 19.3 Å². The normalized spacial score (nSPS) is 27.4. The van der Waals surface area contributed by atoms with Crippen LogP contribution in [-0.2, 0) is 19.1 Å². The molecule has 0 unspecified atom stereocenters. The zero-order chi connectivity index (χ0) is 13.7. The van der Waals surface area contributed by atoms with Gasteiger partial charge in [-0.15, -0.1) is 0 Å². The first-order chi connectivity index (χ1) is 8.45. The Morgan fingerprint density at radius 2 is 2.11 bits per heavy atom. The topological polar surface area (TPSA) is 52.6 Å². The van der Waals surface area contributed by atoms with Crippen molar-refractivity contribution < 1.29 is 19.1 Å². The Morgan fingerprint density at radius 1 is 1.44 bits per heavy atom. The summed E-state index contributed by atoms with van der Waals surface area (Å²) in [6, 6.07) is 0. The maximum absolute atomic E-state index is 11.7. The fourth-order valence-electron chi connectivity index (χ4n) is 2.22. The summed E-state index contributed by atoms with van der Waals surface area (Å²) < 4.78 is 10.6. The third kappa shape index (κ3) is 4.00. The highest BCUT2D eigenvalue weighted by atomic mass is 16.6. The van der Waals surface area contributed by atoms with Crippen molar-refractivity contribution in [2.45, 2.75) is 65.6 Å². The molecule has 0 saturated carbocycles. The van der Waals surface area contributed by atoms with Crippen LogP contribution in [0, 0.1) is 11.8 Å². The van der Waals surface area contributed by atoms with E-state index in [1.165, 1.54) is 0 Å². The van der Waals surface area contributed by atoms with Crippen LogP contribution in [0.5, 0.6) is 0 Å². The molecule has 1 rings (SSSR count). The zero-order valence-electron chi connectivity index (χ0n) is 11.8. The van der Waals surface area contributed by atoms with Crippen LogP contribution in [0.4, 0.5) is 0 Å². The van der Waals surface area contributed by atoms with Crippen LogP contribution in [0.25, 0.3) is 0 Å². The molecule has 1 aliphatic rings. The minimum atomic E-state index is -0.407. The summed E-state index contributed by atoms with van der Waals surface area (Å²) in [7, 11) is 0. The zero-order valence-corrected chi connectivity index (χ0v) is 11.8. The van der Waals surface area contributed by atoms with Crippen molar-refractivity contribution in [1.29, 1.82) is 0 Å². The van der Waals surface area contributed by atoms with Gasteiger partial charge in [-0.05, 0) is 19.3 Å². The number of hydrogen-bond acceptors (Lipinski definition) is 4. The van der Waals surface area contributed by atoms with E-state index < -0.39 is 6.10 Å². The second kappa shape index (κ2) is 6.76. The summed E-state index contributed by atoms with van der Waals surface area (Å²) in [4.78, 5) is 23.4. The largest absolute Gasteiger partial charge is 0.458 e. The molecule has 0 aliphatic carbocycles. The average molecular weight is 256 g/mol. The third-order valence-electron chi connectivity index (χ3n) is 3.18. The molecular weight excluding hydrogens is 232 g/mol. The van der Waals surface area contributed by atoms with Gasteiger partial charge >= 0.3 is 11.9 Å². The number of unbranched alkanes of at least 4 members (excludes halogenated alkanes) is 1. The maximum atomic E-state index is 11.7. The fraction of sp³-hybridized carbons (Fsp3) is 0.857. The van der Waals surface area contributed by atoms with Gasteiger partial charge in [0.2, 0.25) is 0 Å². The van der Waals surface area contributed by atoms with Crippen LogP contribution in [0.2, 0.25) is 0 Å². The Kier molecular flexibility index (Phi) is 5.63. The Labute approximate surface area is 109 Å². The molecule has 0 spiro atoms. The molecule has 0 bridgehead atoms. The lowest BCUT2D eigenvalue weighted by Gasteiger charge is -2.19. The molecule has 1 fully saturated rings. The standard InChI is InChI=1S/C14H24O4/c1-5-6-7-11-13(10(4)17-14(11)16)18-12(15)8-9(2)3/h9-11,13H,5-8H2,1-4H3/t10-,11-,13-/m1/s1. The molecule has 104 valence electrons. The summed E-state index contributed by atoms with van der Waals surface area (Å²) in [5.74, 6) is -0.476. The van der Waals surface area contributed by atoms with Crippen molar-refractivity contribution >= 4 is 11.9 Å². The molecule has 1 aliphatic heterocycles. The molecule has 0 N–H and O–H groups in total. The number of hydrogen-bond donors (Lipinski definition) is 0. The Morgan fingerprint density at radius 3 is 2.67 bits per heavy atom. The molecule has 0 aromatic rings. The van der Waals surface area contributed by atoms with E-state index in [2.05, 4.69) is 6.92 Å². The fourth-order valence-corrected chi connectivity index (χ4v) is 2.22. The minimum Gasteiger partial charge on any atom is -0.458 e. The van der Waals surface area contributed by atoms with Gasteiger partial charge in [0, 0.05) is 6.42 Å². The van der Waals surface area contributed by atoms with Crippen LogP contribution >= 0.6 is 0 Å². The second-order valence-corrected chi connectivity index (χ2v) is 5.44. The molecule has 18 heavy (non-hydrogen) atoms. The van der Waals surface area contributed by atoms with Crippen molar-refractivity contribution in [2.24, 2.45) is 11.8 Å². The Hall–Kier alpha value is -1.06. The van der Waals surface area contributed by atoms with Gasteiger partial charge < -0.3 is 9.47 Å². The van der Waals surface area contributed by atoms with Crippen LogP contribution in [0.3, 0.4) is 0 Å². The first-order valence-electron chi connectivity index (χ1n) is 6.85. The molecule has 3 atom stereocenters. The van der Waals surface area contributed by atoms with Crippen LogP contribution in [-0.4, -0.2) is 24.1 Å². The molecule has 1 saturated heterocycles. The van der Waals surface area contributed by atoms with E-state index >= 15 is 0 Å². The second-order valence-electron chi connectivity index (χ2n) is 5.44. The van der Waals surface area contributed by atoms with Gasteiger partial charge in [-0.25, -0.2) is 0 Å². The summed E-state index contributed by atoms with van der Waals surface area (Å²) in [5, 5.41) is 0. The van der Waals surface area contributed by atoms with Crippen molar-refractivity contribution in [3.05, 3.63) is 0 Å². The average Bonchev–Trinajstić information content (AvgIpc) is 2.50. The third-order valence-corrected chi connectivity index (χ3v) is 3.18. The lowest BCUT2D eigenvalue weighted by Crippen LogP contribution is -2.31. The lowest BCUT2D eigenvalue weighted by atomic mass is 9.95. The molecule has 0 aromatic heterocycles. The summed E-state index contributed by atoms with van der Waals surface area (Å²) in [6.07, 6.45) is 2.36. The highest BCUT2D eigenvalue weighted by Gasteiger charge is 2.44. The summed E-state index contributed by atoms with van der Waals surface area (Å²) in [5.41, 5.74) is 0. The molecule has 4 heteroatoms. The molecule has 0 amide bonds. The van der Waals surface area contributed by atoms with E-state index in [0.29, 0.717) is 6.42 Å². The number of esters is 2. The van der Waals surface area contributed by atoms with Gasteiger partial charge in [0.1, 0.15) is 6.10 Å². The van der Waals surface area contributed by atoms with Gasteiger partial charge in [0.15, 0.2) is 6.10 Å². The highest BCUT2D eigenvalue weighted by Crippen LogP contribution is 2.29. The highest BCUT2D eigenvalue weighted by molar-refractivity contribution is 5.77. The van der Waals surface area contributed by atoms with Crippen LogP contribution in [0.1, 0.15) is 53.4 Å². The number of carbonyl (C=O) groups excluding carboxylic acids is 2. The molecule has 4 nitrogen and oxygen atoms in total. The van der Waals surface area contributed by atoms with E-state index in [1.54, 1.807) is 6.92 Å². The first kappa shape index (κ1) is 15.0. The Bertz CT molecular complexity index is 298. The SMILES string of the molecule is CCCC[C@H]1C(=O)O[C@H](C)[C@H]1OC(=O)CC(C)C. The quantitative estimate of drug-likeness (QED) is 0.686. The van der Waals surface area contributed by atoms with Gasteiger partial charge in [-0.2, -0.15) is 0 Å². The summed E-state index contributed by atoms with van der Waals surface area (Å²) >= 11 is 0. The number of cyclic esters (lactones) is 1. The molecule has 0 radical (unpaired) electrons. The summed E-state index contributed by atoms with van der Waals surface area (Å²) in [6.45, 7) is 7.80. The minimum absolute atomic E-state index is 0.224. The number of ether oxygens (including phenoxy) is 2.